The third-order valence-corrected chi connectivity index (χ3v) is 13.1. The van der Waals surface area contributed by atoms with E-state index in [1.807, 2.05) is 6.92 Å². The highest BCUT2D eigenvalue weighted by atomic mass is 16.3. The first-order chi connectivity index (χ1) is 16.2. The smallest absolute Gasteiger partial charge is 0.128 e. The largest absolute Gasteiger partial charge is 0.396 e. The molecule has 4 saturated carbocycles. The average molecular weight is 489 g/mol. The van der Waals surface area contributed by atoms with Crippen LogP contribution in [0.15, 0.2) is 11.6 Å². The maximum Gasteiger partial charge on any atom is 0.128 e. The summed E-state index contributed by atoms with van der Waals surface area (Å²) in [5.74, 6) is 0.453. The minimum Gasteiger partial charge on any atom is -0.396 e. The molecule has 0 aliphatic heterocycles. The van der Waals surface area contributed by atoms with Crippen LogP contribution in [0.5, 0.6) is 0 Å². The van der Waals surface area contributed by atoms with Gasteiger partial charge in [-0.25, -0.2) is 0 Å². The molecule has 0 amide bonds. The molecule has 0 aromatic heterocycles. The van der Waals surface area contributed by atoms with E-state index in [-0.39, 0.29) is 40.1 Å². The predicted octanol–water partition coefficient (Wildman–Crippen LogP) is 4.26. The first-order valence-electron chi connectivity index (χ1n) is 14.0. The normalized spacial score (nSPS) is 57.1. The molecule has 0 saturated heterocycles. The summed E-state index contributed by atoms with van der Waals surface area (Å²) >= 11 is 0. The van der Waals surface area contributed by atoms with Gasteiger partial charge in [0.2, 0.25) is 0 Å². The van der Waals surface area contributed by atoms with E-state index in [0.29, 0.717) is 25.2 Å². The lowest BCUT2D eigenvalue weighted by molar-refractivity contribution is -0.233. The zero-order valence-corrected chi connectivity index (χ0v) is 22.7. The highest BCUT2D eigenvalue weighted by molar-refractivity contribution is 5.61. The van der Waals surface area contributed by atoms with Gasteiger partial charge >= 0.3 is 0 Å². The number of aldehydes is 1. The summed E-state index contributed by atoms with van der Waals surface area (Å²) in [6.45, 7) is 13.3. The standard InChI is InChI=1S/C30H48O5/c1-25(2)13-19-18-7-8-21-26(3)11-10-22(33)27(4,16-31)20(26)9-12-28(21,5)29(18,6)15-24(35)30(19,17-32)23(34)14-25/h7,16,19-24,32-35H,8-15,17H2,1-6H3. The minimum absolute atomic E-state index is 0.0447. The Kier molecular flexibility index (Phi) is 5.65. The van der Waals surface area contributed by atoms with Crippen molar-refractivity contribution in [2.75, 3.05) is 6.61 Å². The number of rotatable bonds is 2. The summed E-state index contributed by atoms with van der Waals surface area (Å²) in [6.07, 6.45) is 7.72. The molecule has 11 atom stereocenters. The molecule has 0 spiro atoms. The van der Waals surface area contributed by atoms with Crippen LogP contribution in [0.4, 0.5) is 0 Å². The van der Waals surface area contributed by atoms with Crippen molar-refractivity contribution in [3.05, 3.63) is 11.6 Å². The Hall–Kier alpha value is -0.750. The van der Waals surface area contributed by atoms with Crippen molar-refractivity contribution in [2.45, 2.75) is 111 Å². The second-order valence-corrected chi connectivity index (χ2v) is 15.0. The molecule has 0 aromatic rings. The lowest BCUT2D eigenvalue weighted by Crippen LogP contribution is -2.69. The third kappa shape index (κ3) is 2.99. The van der Waals surface area contributed by atoms with E-state index >= 15 is 0 Å². The molecule has 0 radical (unpaired) electrons. The van der Waals surface area contributed by atoms with Crippen molar-refractivity contribution in [3.8, 4) is 0 Å². The Morgan fingerprint density at radius 3 is 2.17 bits per heavy atom. The number of carbonyl (C=O) groups excluding carboxylic acids is 1. The van der Waals surface area contributed by atoms with Crippen LogP contribution >= 0.6 is 0 Å². The van der Waals surface area contributed by atoms with Gasteiger partial charge in [-0.1, -0.05) is 53.2 Å². The monoisotopic (exact) mass is 488 g/mol. The Labute approximate surface area is 211 Å². The topological polar surface area (TPSA) is 98.0 Å². The molecule has 0 heterocycles. The maximum atomic E-state index is 12.3. The van der Waals surface area contributed by atoms with E-state index < -0.39 is 29.1 Å². The van der Waals surface area contributed by atoms with Gasteiger partial charge in [0.05, 0.1) is 35.7 Å². The van der Waals surface area contributed by atoms with Crippen molar-refractivity contribution in [2.24, 2.45) is 50.2 Å². The van der Waals surface area contributed by atoms with Crippen LogP contribution in [-0.4, -0.2) is 51.6 Å². The van der Waals surface area contributed by atoms with Crippen LogP contribution in [-0.2, 0) is 4.79 Å². The molecule has 11 unspecified atom stereocenters. The first kappa shape index (κ1) is 25.9. The molecule has 35 heavy (non-hydrogen) atoms. The van der Waals surface area contributed by atoms with E-state index in [9.17, 15) is 25.2 Å². The van der Waals surface area contributed by atoms with Gasteiger partial charge < -0.3 is 25.2 Å². The van der Waals surface area contributed by atoms with Gasteiger partial charge in [0.15, 0.2) is 0 Å². The highest BCUT2D eigenvalue weighted by Crippen LogP contribution is 2.75. The molecular weight excluding hydrogens is 440 g/mol. The lowest BCUT2D eigenvalue weighted by atomic mass is 9.33. The number of hydrogen-bond acceptors (Lipinski definition) is 5. The van der Waals surface area contributed by atoms with Gasteiger partial charge in [0.25, 0.3) is 0 Å². The summed E-state index contributed by atoms with van der Waals surface area (Å²) in [7, 11) is 0. The minimum atomic E-state index is -0.893. The quantitative estimate of drug-likeness (QED) is 0.344. The Morgan fingerprint density at radius 1 is 0.886 bits per heavy atom. The van der Waals surface area contributed by atoms with Gasteiger partial charge in [0, 0.05) is 0 Å². The second-order valence-electron chi connectivity index (χ2n) is 15.0. The summed E-state index contributed by atoms with van der Waals surface area (Å²) in [5.41, 5.74) is -0.691. The van der Waals surface area contributed by atoms with E-state index in [2.05, 4.69) is 40.7 Å². The molecular formula is C30H48O5. The molecule has 0 bridgehead atoms. The second kappa shape index (κ2) is 7.65. The summed E-state index contributed by atoms with van der Waals surface area (Å²) < 4.78 is 0. The van der Waals surface area contributed by atoms with Gasteiger partial charge in [-0.15, -0.1) is 0 Å². The number of aliphatic hydroxyl groups excluding tert-OH is 4. The summed E-state index contributed by atoms with van der Waals surface area (Å²) in [5, 5.41) is 44.6. The number of allylic oxidation sites excluding steroid dienone is 2. The van der Waals surface area contributed by atoms with Crippen molar-refractivity contribution in [1.82, 2.24) is 0 Å². The van der Waals surface area contributed by atoms with Gasteiger partial charge in [-0.3, -0.25) is 0 Å². The van der Waals surface area contributed by atoms with Crippen LogP contribution in [0.2, 0.25) is 0 Å². The fraction of sp³-hybridized carbons (Fsp3) is 0.900. The third-order valence-electron chi connectivity index (χ3n) is 13.1. The number of carbonyl (C=O) groups is 1. The fourth-order valence-corrected chi connectivity index (χ4v) is 10.8. The molecule has 4 N–H and O–H groups in total. The summed E-state index contributed by atoms with van der Waals surface area (Å²) in [6, 6.07) is 0. The van der Waals surface area contributed by atoms with Crippen LogP contribution in [0.3, 0.4) is 0 Å². The number of aliphatic hydroxyl groups is 4. The predicted molar refractivity (Wildman–Crippen MR) is 135 cm³/mol. The van der Waals surface area contributed by atoms with Crippen LogP contribution < -0.4 is 0 Å². The van der Waals surface area contributed by atoms with E-state index in [1.165, 1.54) is 5.57 Å². The molecule has 0 aromatic carbocycles. The molecule has 4 fully saturated rings. The van der Waals surface area contributed by atoms with Crippen molar-refractivity contribution >= 4 is 6.29 Å². The van der Waals surface area contributed by atoms with E-state index in [1.54, 1.807) is 0 Å². The molecule has 5 aliphatic rings. The van der Waals surface area contributed by atoms with Gasteiger partial charge in [0.1, 0.15) is 6.29 Å². The Balaban J connectivity index is 1.63. The Morgan fingerprint density at radius 2 is 1.54 bits per heavy atom. The van der Waals surface area contributed by atoms with Crippen LogP contribution in [0.1, 0.15) is 92.9 Å². The first-order valence-corrected chi connectivity index (χ1v) is 14.0. The molecule has 5 rings (SSSR count). The van der Waals surface area contributed by atoms with Crippen molar-refractivity contribution in [3.63, 3.8) is 0 Å². The number of fused-ring (bicyclic) bond motifs is 7. The Bertz CT molecular complexity index is 928. The average Bonchev–Trinajstić information content (AvgIpc) is 2.76. The molecule has 5 aliphatic carbocycles. The molecule has 5 nitrogen and oxygen atoms in total. The van der Waals surface area contributed by atoms with E-state index in [4.69, 9.17) is 0 Å². The van der Waals surface area contributed by atoms with Crippen molar-refractivity contribution in [1.29, 1.82) is 0 Å². The SMILES string of the molecule is CC1(C)CC(O)C2(CO)C(O)CC3(C)C(=CCC4C5(C)CCC(O)C(C)(C=O)C5CCC43C)C2C1. The van der Waals surface area contributed by atoms with Crippen molar-refractivity contribution < 1.29 is 25.2 Å². The fourth-order valence-electron chi connectivity index (χ4n) is 10.8. The van der Waals surface area contributed by atoms with E-state index in [0.717, 1.165) is 38.4 Å². The van der Waals surface area contributed by atoms with Gasteiger partial charge in [-0.2, -0.15) is 0 Å². The maximum absolute atomic E-state index is 12.3. The van der Waals surface area contributed by atoms with Gasteiger partial charge in [-0.05, 0) is 90.8 Å². The number of hydrogen-bond donors (Lipinski definition) is 4. The zero-order chi connectivity index (χ0) is 25.8. The zero-order valence-electron chi connectivity index (χ0n) is 22.7. The summed E-state index contributed by atoms with van der Waals surface area (Å²) in [4.78, 5) is 12.3. The lowest BCUT2D eigenvalue weighted by Gasteiger charge is -2.72. The molecule has 5 heteroatoms. The molecule has 198 valence electrons. The highest BCUT2D eigenvalue weighted by Gasteiger charge is 2.71. The van der Waals surface area contributed by atoms with Crippen LogP contribution in [0, 0.1) is 50.2 Å². The van der Waals surface area contributed by atoms with Crippen LogP contribution in [0.25, 0.3) is 0 Å².